The second kappa shape index (κ2) is 6.71. The molecule has 24 heavy (non-hydrogen) atoms. The Bertz CT molecular complexity index is 889. The number of benzene rings is 1. The van der Waals surface area contributed by atoms with Crippen LogP contribution in [0, 0.1) is 5.82 Å². The van der Waals surface area contributed by atoms with Gasteiger partial charge in [0, 0.05) is 10.4 Å². The highest BCUT2D eigenvalue weighted by Gasteiger charge is 2.15. The van der Waals surface area contributed by atoms with Crippen LogP contribution in [0.3, 0.4) is 0 Å². The van der Waals surface area contributed by atoms with E-state index in [1.165, 1.54) is 29.9 Å². The molecule has 2 heterocycles. The molecule has 1 aromatic carbocycles. The first-order valence-electron chi connectivity index (χ1n) is 7.07. The van der Waals surface area contributed by atoms with Gasteiger partial charge in [0.15, 0.2) is 11.5 Å². The number of ketones is 1. The molecule has 0 aliphatic rings. The molecule has 0 aliphatic heterocycles. The molecular weight excluding hydrogens is 331 g/mol. The summed E-state index contributed by atoms with van der Waals surface area (Å²) in [6, 6.07) is 7.49. The van der Waals surface area contributed by atoms with Crippen molar-refractivity contribution >= 4 is 28.7 Å². The van der Waals surface area contributed by atoms with Crippen LogP contribution in [-0.4, -0.2) is 26.7 Å². The summed E-state index contributed by atoms with van der Waals surface area (Å²) in [7, 11) is 0. The van der Waals surface area contributed by atoms with Gasteiger partial charge in [-0.25, -0.2) is 9.07 Å². The third-order valence-electron chi connectivity index (χ3n) is 3.28. The molecule has 0 saturated heterocycles. The van der Waals surface area contributed by atoms with Crippen LogP contribution in [0.25, 0.3) is 0 Å². The highest BCUT2D eigenvalue weighted by atomic mass is 32.1. The van der Waals surface area contributed by atoms with Gasteiger partial charge in [0.25, 0.3) is 5.91 Å². The first-order valence-corrected chi connectivity index (χ1v) is 7.95. The third-order valence-corrected chi connectivity index (χ3v) is 4.14. The topological polar surface area (TPSA) is 76.9 Å². The lowest BCUT2D eigenvalue weighted by molar-refractivity contribution is 0.101. The Hall–Kier alpha value is -2.87. The smallest absolute Gasteiger partial charge is 0.277 e. The van der Waals surface area contributed by atoms with Crippen LogP contribution in [0.15, 0.2) is 41.9 Å². The Morgan fingerprint density at radius 1 is 1.33 bits per heavy atom. The molecule has 0 bridgehead atoms. The van der Waals surface area contributed by atoms with Gasteiger partial charge in [0.2, 0.25) is 0 Å². The highest BCUT2D eigenvalue weighted by molar-refractivity contribution is 7.09. The van der Waals surface area contributed by atoms with Crippen LogP contribution >= 0.6 is 11.3 Å². The maximum Gasteiger partial charge on any atom is 0.277 e. The first-order chi connectivity index (χ1) is 11.5. The van der Waals surface area contributed by atoms with Crippen LogP contribution in [0.4, 0.5) is 10.1 Å². The van der Waals surface area contributed by atoms with Gasteiger partial charge in [0.1, 0.15) is 5.82 Å². The van der Waals surface area contributed by atoms with Crippen LogP contribution in [0.5, 0.6) is 0 Å². The Kier molecular flexibility index (Phi) is 4.48. The van der Waals surface area contributed by atoms with E-state index in [1.54, 1.807) is 11.3 Å². The zero-order chi connectivity index (χ0) is 17.1. The normalized spacial score (nSPS) is 10.6. The summed E-state index contributed by atoms with van der Waals surface area (Å²) >= 11 is 1.58. The lowest BCUT2D eigenvalue weighted by Crippen LogP contribution is -2.15. The number of hydrogen-bond donors (Lipinski definition) is 1. The van der Waals surface area contributed by atoms with E-state index in [9.17, 15) is 14.0 Å². The lowest BCUT2D eigenvalue weighted by Gasteiger charge is -2.07. The van der Waals surface area contributed by atoms with Crippen molar-refractivity contribution in [3.8, 4) is 0 Å². The molecule has 1 N–H and O–H groups in total. The van der Waals surface area contributed by atoms with Crippen molar-refractivity contribution in [2.45, 2.75) is 13.5 Å². The average molecular weight is 344 g/mol. The van der Waals surface area contributed by atoms with Crippen molar-refractivity contribution in [3.05, 3.63) is 63.9 Å². The minimum absolute atomic E-state index is 0.0883. The van der Waals surface area contributed by atoms with E-state index < -0.39 is 11.7 Å². The number of nitrogens with zero attached hydrogens (tertiary/aromatic N) is 3. The molecular formula is C16H13FN4O2S. The van der Waals surface area contributed by atoms with E-state index in [0.29, 0.717) is 6.54 Å². The number of aromatic nitrogens is 3. The Labute approximate surface area is 140 Å². The predicted molar refractivity (Wildman–Crippen MR) is 87.8 cm³/mol. The molecule has 0 saturated carbocycles. The van der Waals surface area contributed by atoms with Gasteiger partial charge in [-0.05, 0) is 36.6 Å². The van der Waals surface area contributed by atoms with Crippen LogP contribution in [-0.2, 0) is 6.54 Å². The predicted octanol–water partition coefficient (Wildman–Crippen LogP) is 2.98. The molecule has 6 nitrogen and oxygen atoms in total. The van der Waals surface area contributed by atoms with Gasteiger partial charge < -0.3 is 5.32 Å². The molecule has 0 unspecified atom stereocenters. The monoisotopic (exact) mass is 344 g/mol. The Morgan fingerprint density at radius 3 is 2.88 bits per heavy atom. The quantitative estimate of drug-likeness (QED) is 0.722. The van der Waals surface area contributed by atoms with Gasteiger partial charge in [-0.3, -0.25) is 9.59 Å². The maximum atomic E-state index is 13.4. The van der Waals surface area contributed by atoms with E-state index in [1.807, 2.05) is 17.5 Å². The number of amides is 1. The average Bonchev–Trinajstić information content (AvgIpc) is 3.19. The maximum absolute atomic E-state index is 13.4. The van der Waals surface area contributed by atoms with Crippen molar-refractivity contribution in [1.82, 2.24) is 15.0 Å². The fourth-order valence-corrected chi connectivity index (χ4v) is 2.85. The van der Waals surface area contributed by atoms with E-state index in [2.05, 4.69) is 15.6 Å². The molecule has 2 aromatic heterocycles. The first kappa shape index (κ1) is 16.0. The number of thiophene rings is 1. The lowest BCUT2D eigenvalue weighted by atomic mass is 10.1. The number of anilines is 1. The number of rotatable bonds is 5. The van der Waals surface area contributed by atoms with E-state index in [-0.39, 0.29) is 22.7 Å². The fourth-order valence-electron chi connectivity index (χ4n) is 2.16. The van der Waals surface area contributed by atoms with E-state index in [0.717, 1.165) is 10.9 Å². The molecule has 0 fully saturated rings. The summed E-state index contributed by atoms with van der Waals surface area (Å²) in [4.78, 5) is 24.9. The second-order valence-electron chi connectivity index (χ2n) is 5.08. The van der Waals surface area contributed by atoms with Crippen LogP contribution in [0.2, 0.25) is 0 Å². The van der Waals surface area contributed by atoms with Gasteiger partial charge in [-0.2, -0.15) is 0 Å². The molecule has 0 radical (unpaired) electrons. The molecule has 0 atom stereocenters. The van der Waals surface area contributed by atoms with Gasteiger partial charge >= 0.3 is 0 Å². The summed E-state index contributed by atoms with van der Waals surface area (Å²) in [5, 5.41) is 12.2. The molecule has 0 aliphatic carbocycles. The van der Waals surface area contributed by atoms with Crippen LogP contribution in [0.1, 0.15) is 32.6 Å². The summed E-state index contributed by atoms with van der Waals surface area (Å²) in [5.41, 5.74) is 0.432. The Balaban J connectivity index is 1.77. The number of nitrogens with one attached hydrogen (secondary N) is 1. The largest absolute Gasteiger partial charge is 0.320 e. The van der Waals surface area contributed by atoms with Crippen LogP contribution < -0.4 is 5.32 Å². The zero-order valence-electron chi connectivity index (χ0n) is 12.7. The Morgan fingerprint density at radius 2 is 2.17 bits per heavy atom. The minimum Gasteiger partial charge on any atom is -0.320 e. The SMILES string of the molecule is CC(=O)c1ccc(F)cc1NC(=O)c1cn(Cc2cccs2)nn1. The molecule has 3 aromatic rings. The van der Waals surface area contributed by atoms with E-state index >= 15 is 0 Å². The van der Waals surface area contributed by atoms with Crippen molar-refractivity contribution in [3.63, 3.8) is 0 Å². The van der Waals surface area contributed by atoms with Crippen molar-refractivity contribution in [2.75, 3.05) is 5.32 Å². The molecule has 1 amide bonds. The van der Waals surface area contributed by atoms with Gasteiger partial charge in [-0.15, -0.1) is 16.4 Å². The number of Topliss-reactive ketones (excluding diaryl/α,β-unsaturated/α-hetero) is 1. The third kappa shape index (κ3) is 3.54. The molecule has 3 rings (SSSR count). The number of halogens is 1. The van der Waals surface area contributed by atoms with Gasteiger partial charge in [-0.1, -0.05) is 11.3 Å². The van der Waals surface area contributed by atoms with E-state index in [4.69, 9.17) is 0 Å². The standard InChI is InChI=1S/C16H13FN4O2S/c1-10(22)13-5-4-11(17)7-14(13)18-16(23)15-9-21(20-19-15)8-12-3-2-6-24-12/h2-7,9H,8H2,1H3,(H,18,23). The highest BCUT2D eigenvalue weighted by Crippen LogP contribution is 2.18. The summed E-state index contributed by atoms with van der Waals surface area (Å²) in [5.74, 6) is -1.37. The summed E-state index contributed by atoms with van der Waals surface area (Å²) < 4.78 is 14.9. The number of hydrogen-bond acceptors (Lipinski definition) is 5. The van der Waals surface area contributed by atoms with Crippen molar-refractivity contribution in [1.29, 1.82) is 0 Å². The fraction of sp³-hybridized carbons (Fsp3) is 0.125. The summed E-state index contributed by atoms with van der Waals surface area (Å²) in [6.45, 7) is 1.86. The zero-order valence-corrected chi connectivity index (χ0v) is 13.5. The number of carbonyl (C=O) groups excluding carboxylic acids is 2. The molecule has 0 spiro atoms. The molecule has 122 valence electrons. The molecule has 8 heteroatoms. The number of carbonyl (C=O) groups is 2. The second-order valence-corrected chi connectivity index (χ2v) is 6.11. The minimum atomic E-state index is -0.555. The van der Waals surface area contributed by atoms with Crippen molar-refractivity contribution < 1.29 is 14.0 Å². The summed E-state index contributed by atoms with van der Waals surface area (Å²) in [6.07, 6.45) is 1.50. The van der Waals surface area contributed by atoms with Gasteiger partial charge in [0.05, 0.1) is 18.4 Å². The van der Waals surface area contributed by atoms with Crippen molar-refractivity contribution in [2.24, 2.45) is 0 Å².